The highest BCUT2D eigenvalue weighted by molar-refractivity contribution is 5.95. The topological polar surface area (TPSA) is 74.2 Å². The summed E-state index contributed by atoms with van der Waals surface area (Å²) < 4.78 is 37.5. The van der Waals surface area contributed by atoms with Gasteiger partial charge in [0.2, 0.25) is 0 Å². The molecule has 0 bridgehead atoms. The fourth-order valence-electron chi connectivity index (χ4n) is 2.21. The van der Waals surface area contributed by atoms with Crippen molar-refractivity contribution in [3.05, 3.63) is 29.1 Å². The Morgan fingerprint density at radius 3 is 2.64 bits per heavy atom. The molecule has 9 heteroatoms. The van der Waals surface area contributed by atoms with Crippen molar-refractivity contribution in [2.24, 2.45) is 5.92 Å². The fraction of sp³-hybridized carbons (Fsp3) is 0.538. The van der Waals surface area contributed by atoms with Gasteiger partial charge < -0.3 is 15.7 Å². The summed E-state index contributed by atoms with van der Waals surface area (Å²) in [6, 6.07) is 1.90. The minimum atomic E-state index is -4.53. The highest BCUT2D eigenvalue weighted by Gasteiger charge is 2.33. The Labute approximate surface area is 131 Å². The van der Waals surface area contributed by atoms with Crippen LogP contribution in [0, 0.1) is 12.8 Å². The van der Waals surface area contributed by atoms with Crippen molar-refractivity contribution >= 4 is 18.3 Å². The normalized spacial score (nSPS) is 21.3. The molecule has 2 heterocycles. The first-order chi connectivity index (χ1) is 9.79. The summed E-state index contributed by atoms with van der Waals surface area (Å²) in [6.07, 6.45) is -5.06. The molecule has 1 fully saturated rings. The second-order valence-corrected chi connectivity index (χ2v) is 5.02. The number of carbonyl (C=O) groups is 1. The van der Waals surface area contributed by atoms with E-state index in [0.29, 0.717) is 13.1 Å². The Balaban J connectivity index is 0.00000242. The van der Waals surface area contributed by atoms with Gasteiger partial charge in [0.1, 0.15) is 5.69 Å². The summed E-state index contributed by atoms with van der Waals surface area (Å²) in [4.78, 5) is 15.4. The second-order valence-electron chi connectivity index (χ2n) is 5.02. The van der Waals surface area contributed by atoms with E-state index >= 15 is 0 Å². The van der Waals surface area contributed by atoms with Crippen molar-refractivity contribution in [1.82, 2.24) is 15.6 Å². The largest absolute Gasteiger partial charge is 0.433 e. The van der Waals surface area contributed by atoms with Crippen molar-refractivity contribution < 1.29 is 23.1 Å². The average molecular weight is 340 g/mol. The third-order valence-electron chi connectivity index (χ3n) is 3.45. The summed E-state index contributed by atoms with van der Waals surface area (Å²) in [5.74, 6) is -0.593. The maximum absolute atomic E-state index is 12.5. The molecule has 1 aliphatic rings. The fourth-order valence-corrected chi connectivity index (χ4v) is 2.21. The van der Waals surface area contributed by atoms with Crippen LogP contribution in [0.4, 0.5) is 13.2 Å². The molecule has 1 amide bonds. The quantitative estimate of drug-likeness (QED) is 0.772. The second kappa shape index (κ2) is 7.26. The Hall–Kier alpha value is -1.38. The van der Waals surface area contributed by atoms with Crippen molar-refractivity contribution in [3.63, 3.8) is 0 Å². The first kappa shape index (κ1) is 18.7. The van der Waals surface area contributed by atoms with Gasteiger partial charge in [0.25, 0.3) is 5.91 Å². The van der Waals surface area contributed by atoms with E-state index in [2.05, 4.69) is 15.6 Å². The highest BCUT2D eigenvalue weighted by Crippen LogP contribution is 2.28. The maximum atomic E-state index is 12.5. The van der Waals surface area contributed by atoms with E-state index in [9.17, 15) is 23.1 Å². The summed E-state index contributed by atoms with van der Waals surface area (Å²) in [6.45, 7) is 2.68. The zero-order valence-corrected chi connectivity index (χ0v) is 12.6. The van der Waals surface area contributed by atoms with E-state index < -0.39 is 23.9 Å². The molecule has 0 aromatic carbocycles. The van der Waals surface area contributed by atoms with Crippen LogP contribution in [0.2, 0.25) is 0 Å². The van der Waals surface area contributed by atoms with Gasteiger partial charge in [-0.2, -0.15) is 13.2 Å². The van der Waals surface area contributed by atoms with E-state index in [4.69, 9.17) is 0 Å². The molecule has 1 aromatic rings. The van der Waals surface area contributed by atoms with Crippen molar-refractivity contribution in [2.75, 3.05) is 19.6 Å². The number of nitrogens with zero attached hydrogens (tertiary/aromatic N) is 1. The SMILES string of the molecule is Cc1nc(C(F)(F)F)ccc1C(=O)NCC1CNCC1O.Cl. The van der Waals surface area contributed by atoms with E-state index in [-0.39, 0.29) is 36.1 Å². The molecule has 5 nitrogen and oxygen atoms in total. The van der Waals surface area contributed by atoms with Crippen molar-refractivity contribution in [3.8, 4) is 0 Å². The van der Waals surface area contributed by atoms with Crippen LogP contribution in [-0.4, -0.2) is 41.7 Å². The molecule has 0 radical (unpaired) electrons. The number of rotatable bonds is 3. The molecule has 0 saturated carbocycles. The van der Waals surface area contributed by atoms with Gasteiger partial charge in [0.15, 0.2) is 0 Å². The third kappa shape index (κ3) is 4.31. The first-order valence-corrected chi connectivity index (χ1v) is 6.51. The van der Waals surface area contributed by atoms with Gasteiger partial charge in [-0.15, -0.1) is 12.4 Å². The number of carbonyl (C=O) groups excluding carboxylic acids is 1. The number of aliphatic hydroxyl groups is 1. The zero-order valence-electron chi connectivity index (χ0n) is 11.8. The standard InChI is InChI=1S/C13H16F3N3O2.ClH/c1-7-9(2-3-11(19-7)13(14,15)16)12(21)18-5-8-4-17-6-10(8)20;/h2-3,8,10,17,20H,4-6H2,1H3,(H,18,21);1H. The number of nitrogens with one attached hydrogen (secondary N) is 2. The van der Waals surface area contributed by atoms with E-state index in [0.717, 1.165) is 12.1 Å². The molecule has 3 N–H and O–H groups in total. The van der Waals surface area contributed by atoms with Gasteiger partial charge >= 0.3 is 6.18 Å². The minimum absolute atomic E-state index is 0. The predicted molar refractivity (Wildman–Crippen MR) is 75.9 cm³/mol. The number of β-amino-alcohol motifs (C(OH)–C–C–N with tert-alkyl or cyclic N) is 1. The average Bonchev–Trinajstić information content (AvgIpc) is 2.80. The monoisotopic (exact) mass is 339 g/mol. The van der Waals surface area contributed by atoms with Crippen LogP contribution in [0.15, 0.2) is 12.1 Å². The summed E-state index contributed by atoms with van der Waals surface area (Å²) in [5, 5.41) is 15.2. The number of amides is 1. The van der Waals surface area contributed by atoms with E-state index in [1.807, 2.05) is 0 Å². The predicted octanol–water partition coefficient (Wildman–Crippen LogP) is 1.14. The lowest BCUT2D eigenvalue weighted by Gasteiger charge is -2.15. The Bertz CT molecular complexity index is 540. The molecule has 2 atom stereocenters. The van der Waals surface area contributed by atoms with Crippen LogP contribution >= 0.6 is 12.4 Å². The Kier molecular flexibility index (Phi) is 6.16. The third-order valence-corrected chi connectivity index (χ3v) is 3.45. The lowest BCUT2D eigenvalue weighted by atomic mass is 10.1. The number of pyridine rings is 1. The molecule has 0 aliphatic carbocycles. The van der Waals surface area contributed by atoms with E-state index in [1.165, 1.54) is 6.92 Å². The Morgan fingerprint density at radius 1 is 1.45 bits per heavy atom. The van der Waals surface area contributed by atoms with Crippen LogP contribution < -0.4 is 10.6 Å². The molecule has 2 unspecified atom stereocenters. The molecule has 2 rings (SSSR count). The number of aryl methyl sites for hydroxylation is 1. The van der Waals surface area contributed by atoms with Crippen LogP contribution in [0.5, 0.6) is 0 Å². The van der Waals surface area contributed by atoms with Crippen LogP contribution in [0.25, 0.3) is 0 Å². The van der Waals surface area contributed by atoms with Crippen LogP contribution in [0.3, 0.4) is 0 Å². The molecule has 1 saturated heterocycles. The lowest BCUT2D eigenvalue weighted by molar-refractivity contribution is -0.141. The molecular formula is C13H17ClF3N3O2. The number of halogens is 4. The summed E-state index contributed by atoms with van der Waals surface area (Å²) >= 11 is 0. The maximum Gasteiger partial charge on any atom is 0.433 e. The first-order valence-electron chi connectivity index (χ1n) is 6.51. The molecule has 22 heavy (non-hydrogen) atoms. The van der Waals surface area contributed by atoms with Crippen LogP contribution in [-0.2, 0) is 6.18 Å². The highest BCUT2D eigenvalue weighted by atomic mass is 35.5. The van der Waals surface area contributed by atoms with Gasteiger partial charge in [0, 0.05) is 25.6 Å². The van der Waals surface area contributed by atoms with Gasteiger partial charge in [-0.3, -0.25) is 4.79 Å². The lowest BCUT2D eigenvalue weighted by Crippen LogP contribution is -2.34. The summed E-state index contributed by atoms with van der Waals surface area (Å²) in [7, 11) is 0. The van der Waals surface area contributed by atoms with E-state index in [1.54, 1.807) is 0 Å². The van der Waals surface area contributed by atoms with Gasteiger partial charge in [-0.25, -0.2) is 4.98 Å². The number of hydrogen-bond donors (Lipinski definition) is 3. The van der Waals surface area contributed by atoms with Crippen LogP contribution in [0.1, 0.15) is 21.7 Å². The Morgan fingerprint density at radius 2 is 2.14 bits per heavy atom. The summed E-state index contributed by atoms with van der Waals surface area (Å²) in [5.41, 5.74) is -0.900. The van der Waals surface area contributed by atoms with Crippen molar-refractivity contribution in [2.45, 2.75) is 19.2 Å². The molecule has 124 valence electrons. The van der Waals surface area contributed by atoms with Crippen molar-refractivity contribution in [1.29, 1.82) is 0 Å². The van der Waals surface area contributed by atoms with Gasteiger partial charge in [-0.1, -0.05) is 0 Å². The zero-order chi connectivity index (χ0) is 15.6. The number of alkyl halides is 3. The number of aliphatic hydroxyl groups excluding tert-OH is 1. The smallest absolute Gasteiger partial charge is 0.391 e. The van der Waals surface area contributed by atoms with Gasteiger partial charge in [0.05, 0.1) is 17.4 Å². The molecular weight excluding hydrogens is 323 g/mol. The number of aromatic nitrogens is 1. The molecule has 1 aromatic heterocycles. The molecule has 0 spiro atoms. The minimum Gasteiger partial charge on any atom is -0.391 e. The molecule has 1 aliphatic heterocycles. The number of hydrogen-bond acceptors (Lipinski definition) is 4. The van der Waals surface area contributed by atoms with Gasteiger partial charge in [-0.05, 0) is 19.1 Å².